The summed E-state index contributed by atoms with van der Waals surface area (Å²) in [4.78, 5) is 13.8. The van der Waals surface area contributed by atoms with Gasteiger partial charge in [0.2, 0.25) is 5.91 Å². The van der Waals surface area contributed by atoms with Crippen LogP contribution in [-0.4, -0.2) is 30.9 Å². The van der Waals surface area contributed by atoms with Gasteiger partial charge in [0.25, 0.3) is 0 Å². The molecule has 0 spiro atoms. The lowest BCUT2D eigenvalue weighted by Crippen LogP contribution is -2.41. The summed E-state index contributed by atoms with van der Waals surface area (Å²) >= 11 is 0. The van der Waals surface area contributed by atoms with Gasteiger partial charge >= 0.3 is 0 Å². The molecular formula is C14H20FN3O. The Bertz CT molecular complexity index is 464. The van der Waals surface area contributed by atoms with E-state index in [-0.39, 0.29) is 23.3 Å². The average molecular weight is 265 g/mol. The second-order valence-corrected chi connectivity index (χ2v) is 5.04. The first-order valence-corrected chi connectivity index (χ1v) is 6.58. The number of nitrogen functional groups attached to an aromatic ring is 1. The Hall–Kier alpha value is -1.62. The number of amides is 1. The lowest BCUT2D eigenvalue weighted by atomic mass is 9.97. The number of carbonyl (C=O) groups is 1. The fourth-order valence-corrected chi connectivity index (χ4v) is 2.54. The molecule has 1 atom stereocenters. The van der Waals surface area contributed by atoms with Gasteiger partial charge in [0.1, 0.15) is 5.82 Å². The lowest BCUT2D eigenvalue weighted by molar-refractivity contribution is -0.126. The van der Waals surface area contributed by atoms with Crippen LogP contribution in [0.5, 0.6) is 0 Å². The molecular weight excluding hydrogens is 245 g/mol. The molecule has 2 rings (SSSR count). The van der Waals surface area contributed by atoms with Crippen LogP contribution in [0.4, 0.5) is 10.1 Å². The predicted molar refractivity (Wildman–Crippen MR) is 72.9 cm³/mol. The van der Waals surface area contributed by atoms with Gasteiger partial charge in [-0.1, -0.05) is 6.07 Å². The second-order valence-electron chi connectivity index (χ2n) is 5.04. The largest absolute Gasteiger partial charge is 0.396 e. The van der Waals surface area contributed by atoms with Gasteiger partial charge < -0.3 is 11.1 Å². The van der Waals surface area contributed by atoms with Gasteiger partial charge in [-0.25, -0.2) is 4.39 Å². The highest BCUT2D eigenvalue weighted by atomic mass is 19.1. The second kappa shape index (κ2) is 6.02. The van der Waals surface area contributed by atoms with Crippen LogP contribution < -0.4 is 11.1 Å². The maximum Gasteiger partial charge on any atom is 0.224 e. The fourth-order valence-electron chi connectivity index (χ4n) is 2.54. The zero-order chi connectivity index (χ0) is 13.8. The third-order valence-corrected chi connectivity index (χ3v) is 3.59. The average Bonchev–Trinajstić information content (AvgIpc) is 2.42. The Balaban J connectivity index is 1.98. The summed E-state index contributed by atoms with van der Waals surface area (Å²) in [5.41, 5.74) is 6.52. The zero-order valence-electron chi connectivity index (χ0n) is 11.2. The standard InChI is InChI=1S/C14H20FN3O/c1-17-14(19)11-3-2-6-18(9-11)8-10-4-5-13(16)12(15)7-10/h4-5,7,11H,2-3,6,8-9,16H2,1H3,(H,17,19). The highest BCUT2D eigenvalue weighted by molar-refractivity contribution is 5.78. The molecule has 0 saturated carbocycles. The molecule has 4 nitrogen and oxygen atoms in total. The van der Waals surface area contributed by atoms with Crippen molar-refractivity contribution in [2.45, 2.75) is 19.4 Å². The van der Waals surface area contributed by atoms with Crippen molar-refractivity contribution in [2.75, 3.05) is 25.9 Å². The van der Waals surface area contributed by atoms with Crippen LogP contribution in [0.25, 0.3) is 0 Å². The van der Waals surface area contributed by atoms with Gasteiger partial charge in [-0.2, -0.15) is 0 Å². The van der Waals surface area contributed by atoms with Crippen molar-refractivity contribution in [1.29, 1.82) is 0 Å². The summed E-state index contributed by atoms with van der Waals surface area (Å²) in [5.74, 6) is -0.247. The Morgan fingerprint density at radius 2 is 2.37 bits per heavy atom. The van der Waals surface area contributed by atoms with Crippen molar-refractivity contribution in [1.82, 2.24) is 10.2 Å². The van der Waals surface area contributed by atoms with Crippen LogP contribution in [-0.2, 0) is 11.3 Å². The lowest BCUT2D eigenvalue weighted by Gasteiger charge is -2.31. The minimum atomic E-state index is -0.377. The van der Waals surface area contributed by atoms with Crippen LogP contribution in [0.3, 0.4) is 0 Å². The molecule has 1 heterocycles. The van der Waals surface area contributed by atoms with E-state index >= 15 is 0 Å². The Kier molecular flexibility index (Phi) is 4.37. The normalized spacial score (nSPS) is 20.2. The van der Waals surface area contributed by atoms with Gasteiger partial charge in [-0.15, -0.1) is 0 Å². The van der Waals surface area contributed by atoms with Crippen molar-refractivity contribution in [2.24, 2.45) is 5.92 Å². The molecule has 1 unspecified atom stereocenters. The highest BCUT2D eigenvalue weighted by Crippen LogP contribution is 2.20. The maximum absolute atomic E-state index is 13.4. The monoisotopic (exact) mass is 265 g/mol. The number of anilines is 1. The molecule has 0 aliphatic carbocycles. The molecule has 0 bridgehead atoms. The fraction of sp³-hybridized carbons (Fsp3) is 0.500. The maximum atomic E-state index is 13.4. The molecule has 0 radical (unpaired) electrons. The number of carbonyl (C=O) groups excluding carboxylic acids is 1. The third kappa shape index (κ3) is 3.44. The number of benzene rings is 1. The summed E-state index contributed by atoms with van der Waals surface area (Å²) in [6.07, 6.45) is 1.92. The minimum Gasteiger partial charge on any atom is -0.396 e. The molecule has 5 heteroatoms. The van der Waals surface area contributed by atoms with E-state index in [1.54, 1.807) is 13.1 Å². The van der Waals surface area contributed by atoms with Crippen molar-refractivity contribution in [3.05, 3.63) is 29.6 Å². The van der Waals surface area contributed by atoms with Crippen LogP contribution in [0.1, 0.15) is 18.4 Å². The molecule has 19 heavy (non-hydrogen) atoms. The number of nitrogens with zero attached hydrogens (tertiary/aromatic N) is 1. The number of nitrogens with two attached hydrogens (primary N) is 1. The van der Waals surface area contributed by atoms with Crippen molar-refractivity contribution in [3.8, 4) is 0 Å². The number of halogens is 1. The van der Waals surface area contributed by atoms with E-state index in [9.17, 15) is 9.18 Å². The molecule has 3 N–H and O–H groups in total. The van der Waals surface area contributed by atoms with Crippen molar-refractivity contribution >= 4 is 11.6 Å². The molecule has 1 amide bonds. The highest BCUT2D eigenvalue weighted by Gasteiger charge is 2.24. The molecule has 0 aromatic heterocycles. The Labute approximate surface area is 112 Å². The Morgan fingerprint density at radius 1 is 1.58 bits per heavy atom. The SMILES string of the molecule is CNC(=O)C1CCCN(Cc2ccc(N)c(F)c2)C1. The number of nitrogens with one attached hydrogen (secondary N) is 1. The summed E-state index contributed by atoms with van der Waals surface area (Å²) in [5, 5.41) is 2.69. The first-order valence-electron chi connectivity index (χ1n) is 6.58. The zero-order valence-corrected chi connectivity index (χ0v) is 11.2. The smallest absolute Gasteiger partial charge is 0.224 e. The van der Waals surface area contributed by atoms with E-state index in [4.69, 9.17) is 5.73 Å². The first kappa shape index (κ1) is 13.8. The first-order chi connectivity index (χ1) is 9.10. The summed E-state index contributed by atoms with van der Waals surface area (Å²) < 4.78 is 13.4. The number of likely N-dealkylation sites (tertiary alicyclic amines) is 1. The van der Waals surface area contributed by atoms with Gasteiger partial charge in [0, 0.05) is 20.1 Å². The van der Waals surface area contributed by atoms with Gasteiger partial charge in [-0.05, 0) is 37.1 Å². The molecule has 1 aromatic carbocycles. The van der Waals surface area contributed by atoms with Crippen LogP contribution in [0.15, 0.2) is 18.2 Å². The summed E-state index contributed by atoms with van der Waals surface area (Å²) in [6.45, 7) is 2.33. The molecule has 1 aromatic rings. The van der Waals surface area contributed by atoms with Crippen molar-refractivity contribution < 1.29 is 9.18 Å². The van der Waals surface area contributed by atoms with E-state index < -0.39 is 0 Å². The topological polar surface area (TPSA) is 58.4 Å². The van der Waals surface area contributed by atoms with Crippen LogP contribution >= 0.6 is 0 Å². The molecule has 1 fully saturated rings. The van der Waals surface area contributed by atoms with E-state index in [0.717, 1.165) is 31.5 Å². The number of piperidine rings is 1. The van der Waals surface area contributed by atoms with Crippen LogP contribution in [0.2, 0.25) is 0 Å². The van der Waals surface area contributed by atoms with Crippen LogP contribution in [0, 0.1) is 11.7 Å². The van der Waals surface area contributed by atoms with Gasteiger partial charge in [0.15, 0.2) is 0 Å². The Morgan fingerprint density at radius 3 is 3.05 bits per heavy atom. The number of rotatable bonds is 3. The minimum absolute atomic E-state index is 0.0392. The van der Waals surface area contributed by atoms with E-state index in [1.165, 1.54) is 6.07 Å². The quantitative estimate of drug-likeness (QED) is 0.811. The third-order valence-electron chi connectivity index (χ3n) is 3.59. The number of hydrogen-bond donors (Lipinski definition) is 2. The van der Waals surface area contributed by atoms with E-state index in [1.807, 2.05) is 6.07 Å². The summed E-state index contributed by atoms with van der Waals surface area (Å²) in [7, 11) is 1.66. The van der Waals surface area contributed by atoms with Gasteiger partial charge in [0.05, 0.1) is 11.6 Å². The number of hydrogen-bond acceptors (Lipinski definition) is 3. The van der Waals surface area contributed by atoms with E-state index in [2.05, 4.69) is 10.2 Å². The predicted octanol–water partition coefficient (Wildman–Crippen LogP) is 1.37. The molecule has 1 saturated heterocycles. The molecule has 104 valence electrons. The summed E-state index contributed by atoms with van der Waals surface area (Å²) in [6, 6.07) is 4.89. The molecule has 1 aliphatic heterocycles. The molecule has 1 aliphatic rings. The van der Waals surface area contributed by atoms with Gasteiger partial charge in [-0.3, -0.25) is 9.69 Å². The van der Waals surface area contributed by atoms with E-state index in [0.29, 0.717) is 6.54 Å². The van der Waals surface area contributed by atoms with Crippen molar-refractivity contribution in [3.63, 3.8) is 0 Å².